The minimum absolute atomic E-state index is 0.0874. The van der Waals surface area contributed by atoms with E-state index >= 15 is 0 Å². The highest BCUT2D eigenvalue weighted by molar-refractivity contribution is 5.24. The number of nitrogens with one attached hydrogen (secondary N) is 1. The zero-order valence-electron chi connectivity index (χ0n) is 8.39. The molecule has 0 aliphatic carbocycles. The van der Waals surface area contributed by atoms with E-state index in [-0.39, 0.29) is 5.82 Å². The quantitative estimate of drug-likeness (QED) is 0.755. The molecule has 0 spiro atoms. The summed E-state index contributed by atoms with van der Waals surface area (Å²) in [6.07, 6.45) is 0. The van der Waals surface area contributed by atoms with Gasteiger partial charge in [0.15, 0.2) is 0 Å². The fraction of sp³-hybridized carbons (Fsp3) is 0.455. The van der Waals surface area contributed by atoms with Gasteiger partial charge in [-0.2, -0.15) is 0 Å². The molecule has 0 unspecified atom stereocenters. The van der Waals surface area contributed by atoms with E-state index in [1.54, 1.807) is 13.0 Å². The Balaban J connectivity index is 2.71. The van der Waals surface area contributed by atoms with E-state index in [0.717, 1.165) is 5.56 Å². The molecule has 0 aliphatic heterocycles. The van der Waals surface area contributed by atoms with E-state index in [9.17, 15) is 4.39 Å². The van der Waals surface area contributed by atoms with E-state index in [1.807, 2.05) is 26.0 Å². The van der Waals surface area contributed by atoms with Crippen molar-refractivity contribution in [2.24, 2.45) is 0 Å². The standard InChI is InChI=1S/C11H16FN/c1-8(2)13-7-10-6-4-5-9(3)11(10)12/h4-6,8,13H,7H2,1-3H3. The van der Waals surface area contributed by atoms with Crippen LogP contribution < -0.4 is 5.32 Å². The van der Waals surface area contributed by atoms with Gasteiger partial charge in [-0.25, -0.2) is 4.39 Å². The molecule has 0 saturated heterocycles. The molecule has 0 bridgehead atoms. The lowest BCUT2D eigenvalue weighted by atomic mass is 10.1. The summed E-state index contributed by atoms with van der Waals surface area (Å²) in [5.41, 5.74) is 1.46. The van der Waals surface area contributed by atoms with E-state index in [0.29, 0.717) is 18.2 Å². The molecule has 0 aliphatic rings. The van der Waals surface area contributed by atoms with Crippen molar-refractivity contribution < 1.29 is 4.39 Å². The van der Waals surface area contributed by atoms with Crippen molar-refractivity contribution in [3.05, 3.63) is 35.1 Å². The Hall–Kier alpha value is -0.890. The molecule has 1 rings (SSSR count). The maximum absolute atomic E-state index is 13.4. The van der Waals surface area contributed by atoms with Gasteiger partial charge in [-0.1, -0.05) is 32.0 Å². The van der Waals surface area contributed by atoms with Crippen molar-refractivity contribution in [2.75, 3.05) is 0 Å². The van der Waals surface area contributed by atoms with Crippen LogP contribution >= 0.6 is 0 Å². The Labute approximate surface area is 79.0 Å². The number of rotatable bonds is 3. The van der Waals surface area contributed by atoms with Crippen molar-refractivity contribution in [3.8, 4) is 0 Å². The Morgan fingerprint density at radius 3 is 2.69 bits per heavy atom. The number of aryl methyl sites for hydroxylation is 1. The molecule has 1 aromatic carbocycles. The van der Waals surface area contributed by atoms with Crippen molar-refractivity contribution in [1.82, 2.24) is 5.32 Å². The van der Waals surface area contributed by atoms with E-state index < -0.39 is 0 Å². The van der Waals surface area contributed by atoms with Crippen LogP contribution in [0.25, 0.3) is 0 Å². The van der Waals surface area contributed by atoms with Crippen LogP contribution in [0.1, 0.15) is 25.0 Å². The second kappa shape index (κ2) is 4.38. The molecular weight excluding hydrogens is 165 g/mol. The van der Waals surface area contributed by atoms with E-state index in [4.69, 9.17) is 0 Å². The zero-order chi connectivity index (χ0) is 9.84. The SMILES string of the molecule is Cc1cccc(CNC(C)C)c1F. The summed E-state index contributed by atoms with van der Waals surface area (Å²) in [6, 6.07) is 5.88. The van der Waals surface area contributed by atoms with Gasteiger partial charge in [-0.15, -0.1) is 0 Å². The van der Waals surface area contributed by atoms with Gasteiger partial charge < -0.3 is 5.32 Å². The number of benzene rings is 1. The maximum Gasteiger partial charge on any atom is 0.130 e. The molecule has 1 aromatic rings. The molecule has 0 fully saturated rings. The first kappa shape index (κ1) is 10.2. The average molecular weight is 181 g/mol. The van der Waals surface area contributed by atoms with Crippen LogP contribution in [0.2, 0.25) is 0 Å². The Kier molecular flexibility index (Phi) is 3.43. The first-order valence-corrected chi connectivity index (χ1v) is 4.58. The summed E-state index contributed by atoms with van der Waals surface area (Å²) in [5, 5.41) is 3.19. The lowest BCUT2D eigenvalue weighted by molar-refractivity contribution is 0.549. The van der Waals surface area contributed by atoms with Crippen LogP contribution in [0.3, 0.4) is 0 Å². The number of hydrogen-bond donors (Lipinski definition) is 1. The summed E-state index contributed by atoms with van der Waals surface area (Å²) >= 11 is 0. The third-order valence-electron chi connectivity index (χ3n) is 1.97. The van der Waals surface area contributed by atoms with Crippen LogP contribution in [-0.4, -0.2) is 6.04 Å². The first-order valence-electron chi connectivity index (χ1n) is 4.58. The Morgan fingerprint density at radius 2 is 2.08 bits per heavy atom. The monoisotopic (exact) mass is 181 g/mol. The van der Waals surface area contributed by atoms with Gasteiger partial charge in [0, 0.05) is 18.2 Å². The number of hydrogen-bond acceptors (Lipinski definition) is 1. The van der Waals surface area contributed by atoms with Gasteiger partial charge in [0.1, 0.15) is 5.82 Å². The molecular formula is C11H16FN. The molecule has 0 radical (unpaired) electrons. The second-order valence-corrected chi connectivity index (χ2v) is 3.58. The van der Waals surface area contributed by atoms with Crippen LogP contribution in [0.15, 0.2) is 18.2 Å². The predicted octanol–water partition coefficient (Wildman–Crippen LogP) is 2.63. The van der Waals surface area contributed by atoms with Crippen LogP contribution in [0.4, 0.5) is 4.39 Å². The molecule has 2 heteroatoms. The van der Waals surface area contributed by atoms with Crippen LogP contribution in [-0.2, 0) is 6.54 Å². The summed E-state index contributed by atoms with van der Waals surface area (Å²) < 4.78 is 13.4. The predicted molar refractivity (Wildman–Crippen MR) is 53.1 cm³/mol. The highest BCUT2D eigenvalue weighted by Gasteiger charge is 2.04. The summed E-state index contributed by atoms with van der Waals surface area (Å²) in [7, 11) is 0. The van der Waals surface area contributed by atoms with Gasteiger partial charge in [-0.3, -0.25) is 0 Å². The fourth-order valence-electron chi connectivity index (χ4n) is 1.16. The minimum Gasteiger partial charge on any atom is -0.310 e. The largest absolute Gasteiger partial charge is 0.310 e. The molecule has 1 N–H and O–H groups in total. The molecule has 1 nitrogen and oxygen atoms in total. The van der Waals surface area contributed by atoms with Crippen LogP contribution in [0, 0.1) is 12.7 Å². The van der Waals surface area contributed by atoms with E-state index in [2.05, 4.69) is 5.32 Å². The highest BCUT2D eigenvalue weighted by Crippen LogP contribution is 2.11. The molecule has 72 valence electrons. The maximum atomic E-state index is 13.4. The van der Waals surface area contributed by atoms with Crippen molar-refractivity contribution in [3.63, 3.8) is 0 Å². The first-order chi connectivity index (χ1) is 6.11. The van der Waals surface area contributed by atoms with Crippen molar-refractivity contribution in [1.29, 1.82) is 0 Å². The average Bonchev–Trinajstić information content (AvgIpc) is 2.07. The summed E-state index contributed by atoms with van der Waals surface area (Å²) in [4.78, 5) is 0. The van der Waals surface area contributed by atoms with Crippen molar-refractivity contribution in [2.45, 2.75) is 33.4 Å². The lowest BCUT2D eigenvalue weighted by Gasteiger charge is -2.09. The highest BCUT2D eigenvalue weighted by atomic mass is 19.1. The normalized spacial score (nSPS) is 10.8. The molecule has 0 aromatic heterocycles. The number of halogens is 1. The molecule has 0 heterocycles. The second-order valence-electron chi connectivity index (χ2n) is 3.58. The topological polar surface area (TPSA) is 12.0 Å². The van der Waals surface area contributed by atoms with E-state index in [1.165, 1.54) is 0 Å². The van der Waals surface area contributed by atoms with Crippen LogP contribution in [0.5, 0.6) is 0 Å². The van der Waals surface area contributed by atoms with Crippen molar-refractivity contribution >= 4 is 0 Å². The van der Waals surface area contributed by atoms with Gasteiger partial charge >= 0.3 is 0 Å². The minimum atomic E-state index is -0.0874. The van der Waals surface area contributed by atoms with Gasteiger partial charge in [0.2, 0.25) is 0 Å². The fourth-order valence-corrected chi connectivity index (χ4v) is 1.16. The third kappa shape index (κ3) is 2.81. The molecule has 0 saturated carbocycles. The lowest BCUT2D eigenvalue weighted by Crippen LogP contribution is -2.22. The zero-order valence-corrected chi connectivity index (χ0v) is 8.39. The Bertz CT molecular complexity index is 281. The third-order valence-corrected chi connectivity index (χ3v) is 1.97. The smallest absolute Gasteiger partial charge is 0.130 e. The van der Waals surface area contributed by atoms with Gasteiger partial charge in [0.25, 0.3) is 0 Å². The molecule has 0 atom stereocenters. The van der Waals surface area contributed by atoms with Gasteiger partial charge in [-0.05, 0) is 12.5 Å². The Morgan fingerprint density at radius 1 is 1.38 bits per heavy atom. The molecule has 13 heavy (non-hydrogen) atoms. The van der Waals surface area contributed by atoms with Gasteiger partial charge in [0.05, 0.1) is 0 Å². The summed E-state index contributed by atoms with van der Waals surface area (Å²) in [6.45, 7) is 6.49. The molecule has 0 amide bonds. The summed E-state index contributed by atoms with van der Waals surface area (Å²) in [5.74, 6) is -0.0874.